The van der Waals surface area contributed by atoms with Gasteiger partial charge in [-0.15, -0.1) is 0 Å². The molecule has 0 atom stereocenters. The number of nitrogens with one attached hydrogen (secondary N) is 1. The van der Waals surface area contributed by atoms with E-state index in [1.807, 2.05) is 0 Å². The summed E-state index contributed by atoms with van der Waals surface area (Å²) in [5.41, 5.74) is 3.10. The van der Waals surface area contributed by atoms with Gasteiger partial charge in [-0.2, -0.15) is 0 Å². The maximum atomic E-state index is 8.34. The number of fused-ring (bicyclic) bond motifs is 1. The van der Waals surface area contributed by atoms with E-state index in [0.29, 0.717) is 0 Å². The Balaban J connectivity index is 2.34. The molecule has 0 saturated heterocycles. The van der Waals surface area contributed by atoms with E-state index in [1.54, 1.807) is 0 Å². The lowest BCUT2D eigenvalue weighted by molar-refractivity contribution is 0.141. The normalized spacial score (nSPS) is 17.6. The fourth-order valence-electron chi connectivity index (χ4n) is 2.84. The van der Waals surface area contributed by atoms with Crippen molar-refractivity contribution in [3.05, 3.63) is 35.4 Å². The average Bonchev–Trinajstić information content (AvgIpc) is 2.64. The fraction of sp³-hybridized carbons (Fsp3) is 0.533. The van der Waals surface area contributed by atoms with Gasteiger partial charge >= 0.3 is 0 Å². The second kappa shape index (κ2) is 4.63. The van der Waals surface area contributed by atoms with Crippen LogP contribution < -0.4 is 0 Å². The zero-order valence-corrected chi connectivity index (χ0v) is 12.8. The molecule has 0 aromatic heterocycles. The van der Waals surface area contributed by atoms with Crippen LogP contribution in [0.4, 0.5) is 0 Å². The lowest BCUT2D eigenvalue weighted by Gasteiger charge is -2.36. The van der Waals surface area contributed by atoms with Gasteiger partial charge in [0.25, 0.3) is 0 Å². The van der Waals surface area contributed by atoms with E-state index in [2.05, 4.69) is 50.8 Å². The molecule has 0 spiro atoms. The van der Waals surface area contributed by atoms with E-state index in [-0.39, 0.29) is 5.60 Å². The molecule has 0 heterocycles. The zero-order valence-electron chi connectivity index (χ0n) is 11.8. The highest BCUT2D eigenvalue weighted by Crippen LogP contribution is 2.36. The first kappa shape index (κ1) is 13.5. The van der Waals surface area contributed by atoms with Gasteiger partial charge in [-0.05, 0) is 37.2 Å². The second-order valence-corrected chi connectivity index (χ2v) is 10.6. The number of hydrogen-bond donors (Lipinski definition) is 1. The quantitative estimate of drug-likeness (QED) is 0.649. The molecular weight excluding hydrogens is 238 g/mol. The minimum atomic E-state index is -1.65. The maximum absolute atomic E-state index is 8.34. The zero-order chi connectivity index (χ0) is 13.4. The molecule has 0 aliphatic heterocycles. The summed E-state index contributed by atoms with van der Waals surface area (Å²) in [5, 5.41) is 8.34. The summed E-state index contributed by atoms with van der Waals surface area (Å²) < 4.78 is 6.44. The summed E-state index contributed by atoms with van der Waals surface area (Å²) in [6.45, 7) is 8.68. The van der Waals surface area contributed by atoms with Gasteiger partial charge in [0, 0.05) is 18.6 Å². The molecule has 0 bridgehead atoms. The Bertz CT molecular complexity index is 437. The van der Waals surface area contributed by atoms with Crippen LogP contribution in [-0.2, 0) is 17.3 Å². The largest absolute Gasteiger partial charge is 0.406 e. The van der Waals surface area contributed by atoms with Crippen LogP contribution in [0.25, 0.3) is 0 Å². The van der Waals surface area contributed by atoms with Gasteiger partial charge in [-0.25, -0.2) is 0 Å². The summed E-state index contributed by atoms with van der Waals surface area (Å²) in [5.74, 6) is 0. The highest BCUT2D eigenvalue weighted by Gasteiger charge is 2.43. The Morgan fingerprint density at radius 3 is 2.11 bits per heavy atom. The van der Waals surface area contributed by atoms with Crippen LogP contribution in [0.1, 0.15) is 24.5 Å². The SMILES string of the molecule is CCC(=N)C1(O[Si](C)(C)C)Cc2ccccc2C1. The van der Waals surface area contributed by atoms with Crippen LogP contribution in [0.2, 0.25) is 19.6 Å². The van der Waals surface area contributed by atoms with Crippen molar-refractivity contribution in [3.63, 3.8) is 0 Å². The van der Waals surface area contributed by atoms with E-state index in [9.17, 15) is 0 Å². The topological polar surface area (TPSA) is 33.1 Å². The van der Waals surface area contributed by atoms with Gasteiger partial charge in [0.2, 0.25) is 0 Å². The summed E-state index contributed by atoms with van der Waals surface area (Å²) in [7, 11) is -1.65. The third-order valence-corrected chi connectivity index (χ3v) is 4.48. The van der Waals surface area contributed by atoms with Crippen molar-refractivity contribution < 1.29 is 4.43 Å². The summed E-state index contributed by atoms with van der Waals surface area (Å²) in [6, 6.07) is 8.51. The van der Waals surface area contributed by atoms with Crippen molar-refractivity contribution in [3.8, 4) is 0 Å². The Kier molecular flexibility index (Phi) is 3.47. The highest BCUT2D eigenvalue weighted by atomic mass is 28.4. The lowest BCUT2D eigenvalue weighted by Crippen LogP contribution is -2.49. The molecule has 0 radical (unpaired) electrons. The first-order chi connectivity index (χ1) is 8.36. The predicted octanol–water partition coefficient (Wildman–Crippen LogP) is 3.81. The van der Waals surface area contributed by atoms with Crippen molar-refractivity contribution in [2.24, 2.45) is 0 Å². The van der Waals surface area contributed by atoms with Gasteiger partial charge < -0.3 is 9.84 Å². The molecule has 2 nitrogen and oxygen atoms in total. The molecule has 2 rings (SSSR count). The molecule has 0 unspecified atom stereocenters. The first-order valence-electron chi connectivity index (χ1n) is 6.71. The summed E-state index contributed by atoms with van der Waals surface area (Å²) in [4.78, 5) is 0. The van der Waals surface area contributed by atoms with E-state index in [4.69, 9.17) is 9.84 Å². The van der Waals surface area contributed by atoms with Crippen LogP contribution in [0.5, 0.6) is 0 Å². The van der Waals surface area contributed by atoms with Crippen molar-refractivity contribution >= 4 is 14.0 Å². The number of rotatable bonds is 4. The maximum Gasteiger partial charge on any atom is 0.185 e. The molecule has 0 amide bonds. The molecule has 1 aliphatic rings. The van der Waals surface area contributed by atoms with Crippen LogP contribution in [-0.4, -0.2) is 19.6 Å². The third-order valence-electron chi connectivity index (χ3n) is 3.48. The number of hydrogen-bond acceptors (Lipinski definition) is 2. The third kappa shape index (κ3) is 2.57. The summed E-state index contributed by atoms with van der Waals surface area (Å²) in [6.07, 6.45) is 2.53. The predicted molar refractivity (Wildman–Crippen MR) is 79.0 cm³/mol. The fourth-order valence-corrected chi connectivity index (χ4v) is 4.28. The van der Waals surface area contributed by atoms with Gasteiger partial charge in [-0.3, -0.25) is 0 Å². The molecule has 0 saturated carbocycles. The van der Waals surface area contributed by atoms with E-state index in [1.165, 1.54) is 11.1 Å². The molecule has 0 fully saturated rings. The minimum Gasteiger partial charge on any atom is -0.406 e. The molecule has 98 valence electrons. The Labute approximate surface area is 111 Å². The number of benzene rings is 1. The van der Waals surface area contributed by atoms with Gasteiger partial charge in [0.15, 0.2) is 8.32 Å². The standard InChI is InChI=1S/C15H23NOSi/c1-5-14(16)15(17-18(2,3)4)10-12-8-6-7-9-13(12)11-15/h6-9,16H,5,10-11H2,1-4H3. The molecule has 1 N–H and O–H groups in total. The Hall–Kier alpha value is -0.933. The highest BCUT2D eigenvalue weighted by molar-refractivity contribution is 6.70. The second-order valence-electron chi connectivity index (χ2n) is 6.16. The smallest absolute Gasteiger partial charge is 0.185 e. The van der Waals surface area contributed by atoms with Crippen molar-refractivity contribution in [2.75, 3.05) is 0 Å². The van der Waals surface area contributed by atoms with Gasteiger partial charge in [0.05, 0.1) is 0 Å². The monoisotopic (exact) mass is 261 g/mol. The Morgan fingerprint density at radius 1 is 1.22 bits per heavy atom. The van der Waals surface area contributed by atoms with E-state index in [0.717, 1.165) is 25.0 Å². The molecule has 1 aliphatic carbocycles. The molecule has 1 aromatic carbocycles. The molecule has 18 heavy (non-hydrogen) atoms. The van der Waals surface area contributed by atoms with Crippen LogP contribution in [0.15, 0.2) is 24.3 Å². The van der Waals surface area contributed by atoms with E-state index >= 15 is 0 Å². The lowest BCUT2D eigenvalue weighted by atomic mass is 9.92. The molecule has 1 aromatic rings. The summed E-state index contributed by atoms with van der Waals surface area (Å²) >= 11 is 0. The van der Waals surface area contributed by atoms with Gasteiger partial charge in [-0.1, -0.05) is 31.2 Å². The Morgan fingerprint density at radius 2 is 1.72 bits per heavy atom. The first-order valence-corrected chi connectivity index (χ1v) is 10.1. The van der Waals surface area contributed by atoms with Crippen LogP contribution in [0.3, 0.4) is 0 Å². The average molecular weight is 261 g/mol. The van der Waals surface area contributed by atoms with Crippen LogP contribution in [0, 0.1) is 5.41 Å². The van der Waals surface area contributed by atoms with Crippen molar-refractivity contribution in [2.45, 2.75) is 51.4 Å². The van der Waals surface area contributed by atoms with Gasteiger partial charge in [0.1, 0.15) is 5.60 Å². The molecular formula is C15H23NOSi. The van der Waals surface area contributed by atoms with E-state index < -0.39 is 8.32 Å². The molecule has 3 heteroatoms. The van der Waals surface area contributed by atoms with Crippen LogP contribution >= 0.6 is 0 Å². The van der Waals surface area contributed by atoms with Crippen molar-refractivity contribution in [1.29, 1.82) is 5.41 Å². The van der Waals surface area contributed by atoms with Crippen molar-refractivity contribution in [1.82, 2.24) is 0 Å². The minimum absolute atomic E-state index is 0.358.